The number of hydroxylamine groups is 1. The van der Waals surface area contributed by atoms with Gasteiger partial charge in [0.1, 0.15) is 0 Å². The fourth-order valence-corrected chi connectivity index (χ4v) is 2.79. The standard InChI is InChI=1S/C18H26N2O4/c21-16(5-3-1-2-4-6-18(22)20-23)14-7-9-15(10-8-14)17-13-19-11-12-24-17/h7-10,17,19,23H,1-6,11-13H2,(H,20,22). The van der Waals surface area contributed by atoms with Crippen LogP contribution in [0, 0.1) is 0 Å². The Bertz CT molecular complexity index is 524. The molecule has 6 nitrogen and oxygen atoms in total. The molecular formula is C18H26N2O4. The van der Waals surface area contributed by atoms with Crippen LogP contribution in [0.25, 0.3) is 0 Å². The molecule has 1 atom stereocenters. The van der Waals surface area contributed by atoms with Crippen LogP contribution in [0.4, 0.5) is 0 Å². The first-order valence-corrected chi connectivity index (χ1v) is 8.59. The van der Waals surface area contributed by atoms with E-state index in [1.165, 1.54) is 0 Å². The Labute approximate surface area is 142 Å². The second kappa shape index (κ2) is 10.2. The molecule has 0 radical (unpaired) electrons. The third-order valence-corrected chi connectivity index (χ3v) is 4.21. The number of morpholine rings is 1. The number of nitrogens with one attached hydrogen (secondary N) is 2. The van der Waals surface area contributed by atoms with Crippen molar-refractivity contribution in [3.05, 3.63) is 35.4 Å². The first kappa shape index (κ1) is 18.6. The lowest BCUT2D eigenvalue weighted by Crippen LogP contribution is -2.33. The van der Waals surface area contributed by atoms with Gasteiger partial charge in [-0.05, 0) is 18.4 Å². The largest absolute Gasteiger partial charge is 0.371 e. The Balaban J connectivity index is 1.67. The molecule has 0 bridgehead atoms. The van der Waals surface area contributed by atoms with E-state index in [0.29, 0.717) is 19.4 Å². The SMILES string of the molecule is O=C(CCCCCCC(=O)c1ccc(C2CNCCO2)cc1)NO. The van der Waals surface area contributed by atoms with E-state index in [2.05, 4.69) is 5.32 Å². The summed E-state index contributed by atoms with van der Waals surface area (Å²) >= 11 is 0. The topological polar surface area (TPSA) is 87.7 Å². The van der Waals surface area contributed by atoms with Gasteiger partial charge in [0, 0.05) is 31.5 Å². The average molecular weight is 334 g/mol. The van der Waals surface area contributed by atoms with Gasteiger partial charge in [-0.15, -0.1) is 0 Å². The summed E-state index contributed by atoms with van der Waals surface area (Å²) in [6.45, 7) is 2.41. The number of unbranched alkanes of at least 4 members (excludes halogenated alkanes) is 3. The van der Waals surface area contributed by atoms with E-state index in [1.54, 1.807) is 5.48 Å². The van der Waals surface area contributed by atoms with Crippen molar-refractivity contribution in [1.82, 2.24) is 10.8 Å². The summed E-state index contributed by atoms with van der Waals surface area (Å²) in [4.78, 5) is 23.0. The van der Waals surface area contributed by atoms with Crippen molar-refractivity contribution in [3.63, 3.8) is 0 Å². The molecule has 1 aliphatic heterocycles. The predicted octanol–water partition coefficient (Wildman–Crippen LogP) is 2.38. The molecule has 1 heterocycles. The Kier molecular flexibility index (Phi) is 7.88. The van der Waals surface area contributed by atoms with Crippen LogP contribution in [0.1, 0.15) is 60.6 Å². The number of hydrogen-bond acceptors (Lipinski definition) is 5. The molecule has 1 aromatic rings. The number of carbonyl (C=O) groups is 2. The Morgan fingerprint density at radius 1 is 1.12 bits per heavy atom. The second-order valence-electron chi connectivity index (χ2n) is 6.06. The maximum absolute atomic E-state index is 12.2. The molecule has 1 unspecified atom stereocenters. The van der Waals surface area contributed by atoms with Crippen molar-refractivity contribution in [1.29, 1.82) is 0 Å². The molecule has 1 aliphatic rings. The van der Waals surface area contributed by atoms with Crippen LogP contribution in [0.15, 0.2) is 24.3 Å². The van der Waals surface area contributed by atoms with Crippen LogP contribution in [-0.4, -0.2) is 36.6 Å². The van der Waals surface area contributed by atoms with Crippen molar-refractivity contribution < 1.29 is 19.5 Å². The zero-order chi connectivity index (χ0) is 17.2. The lowest BCUT2D eigenvalue weighted by molar-refractivity contribution is -0.129. The Morgan fingerprint density at radius 3 is 2.46 bits per heavy atom. The Morgan fingerprint density at radius 2 is 1.83 bits per heavy atom. The minimum atomic E-state index is -0.358. The highest BCUT2D eigenvalue weighted by Crippen LogP contribution is 2.20. The number of Topliss-reactive ketones (excluding diaryl/α,β-unsaturated/α-hetero) is 1. The first-order valence-electron chi connectivity index (χ1n) is 8.59. The van der Waals surface area contributed by atoms with Gasteiger partial charge in [-0.2, -0.15) is 0 Å². The molecule has 1 amide bonds. The highest BCUT2D eigenvalue weighted by atomic mass is 16.5. The summed E-state index contributed by atoms with van der Waals surface area (Å²) in [6.07, 6.45) is 4.24. The zero-order valence-corrected chi connectivity index (χ0v) is 13.9. The highest BCUT2D eigenvalue weighted by Gasteiger charge is 2.16. The van der Waals surface area contributed by atoms with E-state index in [1.807, 2.05) is 24.3 Å². The van der Waals surface area contributed by atoms with E-state index in [-0.39, 0.29) is 17.8 Å². The summed E-state index contributed by atoms with van der Waals surface area (Å²) in [5.74, 6) is -0.208. The molecule has 0 aromatic heterocycles. The van der Waals surface area contributed by atoms with Crippen LogP contribution in [0.3, 0.4) is 0 Å². The third kappa shape index (κ3) is 6.03. The number of benzene rings is 1. The van der Waals surface area contributed by atoms with E-state index >= 15 is 0 Å². The summed E-state index contributed by atoms with van der Waals surface area (Å²) in [7, 11) is 0. The van der Waals surface area contributed by atoms with Gasteiger partial charge in [0.05, 0.1) is 12.7 Å². The number of carbonyl (C=O) groups excluding carboxylic acids is 2. The molecule has 24 heavy (non-hydrogen) atoms. The van der Waals surface area contributed by atoms with Crippen molar-refractivity contribution in [2.75, 3.05) is 19.7 Å². The maximum atomic E-state index is 12.2. The van der Waals surface area contributed by atoms with Gasteiger partial charge in [-0.25, -0.2) is 5.48 Å². The van der Waals surface area contributed by atoms with Gasteiger partial charge in [0.25, 0.3) is 0 Å². The molecule has 2 rings (SSSR count). The van der Waals surface area contributed by atoms with Crippen LogP contribution >= 0.6 is 0 Å². The normalized spacial score (nSPS) is 17.5. The average Bonchev–Trinajstić information content (AvgIpc) is 2.65. The van der Waals surface area contributed by atoms with Gasteiger partial charge in [0.2, 0.25) is 5.91 Å². The van der Waals surface area contributed by atoms with E-state index < -0.39 is 0 Å². The number of rotatable bonds is 9. The van der Waals surface area contributed by atoms with Gasteiger partial charge in [-0.3, -0.25) is 14.8 Å². The van der Waals surface area contributed by atoms with Gasteiger partial charge in [-0.1, -0.05) is 37.1 Å². The summed E-state index contributed by atoms with van der Waals surface area (Å²) in [5, 5.41) is 11.7. The summed E-state index contributed by atoms with van der Waals surface area (Å²) in [5.41, 5.74) is 3.45. The summed E-state index contributed by atoms with van der Waals surface area (Å²) in [6, 6.07) is 7.69. The lowest BCUT2D eigenvalue weighted by Gasteiger charge is -2.24. The number of ether oxygens (including phenoxy) is 1. The van der Waals surface area contributed by atoms with E-state index in [9.17, 15) is 9.59 Å². The molecule has 1 aromatic carbocycles. The third-order valence-electron chi connectivity index (χ3n) is 4.21. The van der Waals surface area contributed by atoms with E-state index in [4.69, 9.17) is 9.94 Å². The molecule has 3 N–H and O–H groups in total. The number of amides is 1. The van der Waals surface area contributed by atoms with Gasteiger partial charge >= 0.3 is 0 Å². The number of ketones is 1. The first-order chi connectivity index (χ1) is 11.7. The molecule has 6 heteroatoms. The minimum absolute atomic E-state index is 0.0685. The van der Waals surface area contributed by atoms with Gasteiger partial charge < -0.3 is 10.1 Å². The molecule has 1 fully saturated rings. The van der Waals surface area contributed by atoms with Gasteiger partial charge in [0.15, 0.2) is 5.78 Å². The fourth-order valence-electron chi connectivity index (χ4n) is 2.79. The van der Waals surface area contributed by atoms with Crippen LogP contribution in [0.2, 0.25) is 0 Å². The van der Waals surface area contributed by atoms with E-state index in [0.717, 1.165) is 49.9 Å². The maximum Gasteiger partial charge on any atom is 0.243 e. The highest BCUT2D eigenvalue weighted by molar-refractivity contribution is 5.96. The molecule has 0 spiro atoms. The monoisotopic (exact) mass is 334 g/mol. The molecule has 0 saturated carbocycles. The second-order valence-corrected chi connectivity index (χ2v) is 6.06. The lowest BCUT2D eigenvalue weighted by atomic mass is 10.0. The van der Waals surface area contributed by atoms with Crippen LogP contribution < -0.4 is 10.8 Å². The molecule has 0 aliphatic carbocycles. The zero-order valence-electron chi connectivity index (χ0n) is 13.9. The van der Waals surface area contributed by atoms with Crippen LogP contribution in [0.5, 0.6) is 0 Å². The molecule has 132 valence electrons. The van der Waals surface area contributed by atoms with Crippen molar-refractivity contribution in [2.45, 2.75) is 44.6 Å². The predicted molar refractivity (Wildman–Crippen MR) is 90.0 cm³/mol. The number of hydrogen-bond donors (Lipinski definition) is 3. The quantitative estimate of drug-likeness (QED) is 0.279. The summed E-state index contributed by atoms with van der Waals surface area (Å²) < 4.78 is 5.70. The smallest absolute Gasteiger partial charge is 0.243 e. The minimum Gasteiger partial charge on any atom is -0.371 e. The van der Waals surface area contributed by atoms with Crippen molar-refractivity contribution in [3.8, 4) is 0 Å². The fraction of sp³-hybridized carbons (Fsp3) is 0.556. The Hall–Kier alpha value is -1.76. The molecule has 1 saturated heterocycles. The van der Waals surface area contributed by atoms with Crippen molar-refractivity contribution in [2.24, 2.45) is 0 Å². The van der Waals surface area contributed by atoms with Crippen LogP contribution in [-0.2, 0) is 9.53 Å². The van der Waals surface area contributed by atoms with Crippen molar-refractivity contribution >= 4 is 11.7 Å². The molecular weight excluding hydrogens is 308 g/mol.